The molecule has 0 unspecified atom stereocenters. The quantitative estimate of drug-likeness (QED) is 0.715. The Kier molecular flexibility index (Phi) is 4.93. The molecule has 1 aliphatic rings. The van der Waals surface area contributed by atoms with Crippen molar-refractivity contribution in [2.45, 2.75) is 20.0 Å². The zero-order valence-electron chi connectivity index (χ0n) is 16.0. The number of fused-ring (bicyclic) bond motifs is 1. The number of ether oxygens (including phenoxy) is 1. The number of carbonyl (C=O) groups excluding carboxylic acids is 1. The summed E-state index contributed by atoms with van der Waals surface area (Å²) in [5.74, 6) is 0.619. The first kappa shape index (κ1) is 18.0. The van der Waals surface area contributed by atoms with Crippen LogP contribution in [-0.2, 0) is 13.1 Å². The fraction of sp³-hybridized carbons (Fsp3) is 0.227. The second-order valence-corrected chi connectivity index (χ2v) is 6.73. The van der Waals surface area contributed by atoms with Crippen LogP contribution in [0.3, 0.4) is 0 Å². The minimum Gasteiger partial charge on any atom is -0.493 e. The predicted molar refractivity (Wildman–Crippen MR) is 109 cm³/mol. The molecule has 28 heavy (non-hydrogen) atoms. The van der Waals surface area contributed by atoms with Gasteiger partial charge in [0.05, 0.1) is 18.8 Å². The molecule has 1 N–H and O–H groups in total. The maximum atomic E-state index is 13.0. The summed E-state index contributed by atoms with van der Waals surface area (Å²) in [5.41, 5.74) is 5.81. The van der Waals surface area contributed by atoms with E-state index in [0.717, 1.165) is 22.4 Å². The highest BCUT2D eigenvalue weighted by molar-refractivity contribution is 5.95. The van der Waals surface area contributed by atoms with E-state index in [1.54, 1.807) is 17.2 Å². The summed E-state index contributed by atoms with van der Waals surface area (Å²) < 4.78 is 5.78. The summed E-state index contributed by atoms with van der Waals surface area (Å²) in [6.07, 6.45) is 3.59. The van der Waals surface area contributed by atoms with Gasteiger partial charge in [0.15, 0.2) is 0 Å². The Morgan fingerprint density at radius 1 is 1.25 bits per heavy atom. The molecular weight excluding hydrogens is 352 g/mol. The standard InChI is InChI=1S/C22H22N4O2/c1-3-28-21-11-15(7-8-18(21)20-9-10-24-25-20)22(27)26(2)14-17-6-4-5-16-12-23-13-19(16)17/h4-12H,3,13-14H2,1-2H3,(H,24,25). The van der Waals surface area contributed by atoms with E-state index in [2.05, 4.69) is 27.3 Å². The Morgan fingerprint density at radius 2 is 2.14 bits per heavy atom. The number of nitrogens with one attached hydrogen (secondary N) is 1. The van der Waals surface area contributed by atoms with Crippen molar-refractivity contribution in [1.29, 1.82) is 0 Å². The second-order valence-electron chi connectivity index (χ2n) is 6.73. The lowest BCUT2D eigenvalue weighted by Crippen LogP contribution is -2.26. The van der Waals surface area contributed by atoms with Crippen molar-refractivity contribution >= 4 is 12.1 Å². The van der Waals surface area contributed by atoms with Gasteiger partial charge in [-0.1, -0.05) is 18.2 Å². The van der Waals surface area contributed by atoms with Crippen LogP contribution in [0.5, 0.6) is 5.75 Å². The molecule has 2 heterocycles. The highest BCUT2D eigenvalue weighted by Crippen LogP contribution is 2.30. The summed E-state index contributed by atoms with van der Waals surface area (Å²) in [7, 11) is 1.82. The van der Waals surface area contributed by atoms with Crippen LogP contribution in [0.1, 0.15) is 34.0 Å². The molecule has 0 bridgehead atoms. The molecule has 1 aliphatic heterocycles. The van der Waals surface area contributed by atoms with E-state index in [1.165, 1.54) is 5.56 Å². The summed E-state index contributed by atoms with van der Waals surface area (Å²) in [5, 5.41) is 6.94. The normalized spacial score (nSPS) is 12.1. The molecule has 0 aliphatic carbocycles. The monoisotopic (exact) mass is 374 g/mol. The van der Waals surface area contributed by atoms with Gasteiger partial charge in [-0.3, -0.25) is 14.9 Å². The lowest BCUT2D eigenvalue weighted by molar-refractivity contribution is 0.0784. The van der Waals surface area contributed by atoms with Crippen LogP contribution < -0.4 is 4.74 Å². The van der Waals surface area contributed by atoms with Crippen LogP contribution in [0.25, 0.3) is 11.3 Å². The Labute approximate surface area is 163 Å². The number of aromatic nitrogens is 2. The van der Waals surface area contributed by atoms with E-state index < -0.39 is 0 Å². The zero-order chi connectivity index (χ0) is 19.5. The first-order valence-corrected chi connectivity index (χ1v) is 9.30. The Morgan fingerprint density at radius 3 is 2.93 bits per heavy atom. The van der Waals surface area contributed by atoms with E-state index in [4.69, 9.17) is 4.74 Å². The van der Waals surface area contributed by atoms with Gasteiger partial charge in [0, 0.05) is 37.1 Å². The first-order chi connectivity index (χ1) is 13.7. The molecule has 0 atom stereocenters. The van der Waals surface area contributed by atoms with Crippen LogP contribution in [0.15, 0.2) is 53.7 Å². The highest BCUT2D eigenvalue weighted by atomic mass is 16.5. The van der Waals surface area contributed by atoms with E-state index in [-0.39, 0.29) is 5.91 Å². The molecule has 6 heteroatoms. The maximum absolute atomic E-state index is 13.0. The van der Waals surface area contributed by atoms with E-state index in [0.29, 0.717) is 31.0 Å². The number of H-pyrrole nitrogens is 1. The van der Waals surface area contributed by atoms with Gasteiger partial charge in [0.2, 0.25) is 0 Å². The lowest BCUT2D eigenvalue weighted by atomic mass is 10.0. The number of amides is 1. The SMILES string of the molecule is CCOc1cc(C(=O)N(C)Cc2cccc3c2CN=C3)ccc1-c1ccn[nH]1. The molecule has 1 amide bonds. The smallest absolute Gasteiger partial charge is 0.254 e. The first-order valence-electron chi connectivity index (χ1n) is 9.30. The molecular formula is C22H22N4O2. The van der Waals surface area contributed by atoms with Crippen molar-refractivity contribution in [1.82, 2.24) is 15.1 Å². The minimum absolute atomic E-state index is 0.0476. The van der Waals surface area contributed by atoms with Gasteiger partial charge in [0.25, 0.3) is 5.91 Å². The van der Waals surface area contributed by atoms with Gasteiger partial charge < -0.3 is 9.64 Å². The Bertz CT molecular complexity index is 1030. The average molecular weight is 374 g/mol. The van der Waals surface area contributed by atoms with Crippen LogP contribution in [0.2, 0.25) is 0 Å². The number of hydrogen-bond acceptors (Lipinski definition) is 4. The van der Waals surface area contributed by atoms with Crippen LogP contribution >= 0.6 is 0 Å². The van der Waals surface area contributed by atoms with Gasteiger partial charge in [-0.15, -0.1) is 0 Å². The lowest BCUT2D eigenvalue weighted by Gasteiger charge is -2.20. The predicted octanol–water partition coefficient (Wildman–Crippen LogP) is 3.68. The Balaban J connectivity index is 1.57. The summed E-state index contributed by atoms with van der Waals surface area (Å²) in [6, 6.07) is 13.5. The number of hydrogen-bond donors (Lipinski definition) is 1. The molecule has 0 fully saturated rings. The number of benzene rings is 2. The Hall–Kier alpha value is -3.41. The van der Waals surface area contributed by atoms with Gasteiger partial charge in [-0.2, -0.15) is 5.10 Å². The molecule has 1 aromatic heterocycles. The third-order valence-electron chi connectivity index (χ3n) is 4.86. The molecule has 0 radical (unpaired) electrons. The maximum Gasteiger partial charge on any atom is 0.254 e. The molecule has 2 aromatic carbocycles. The number of aromatic amines is 1. The topological polar surface area (TPSA) is 70.6 Å². The molecule has 0 saturated carbocycles. The number of nitrogens with zero attached hydrogens (tertiary/aromatic N) is 3. The highest BCUT2D eigenvalue weighted by Gasteiger charge is 2.18. The fourth-order valence-corrected chi connectivity index (χ4v) is 3.46. The summed E-state index contributed by atoms with van der Waals surface area (Å²) in [4.78, 5) is 19.1. The number of rotatable bonds is 6. The fourth-order valence-electron chi connectivity index (χ4n) is 3.46. The van der Waals surface area contributed by atoms with E-state index in [1.807, 2.05) is 44.5 Å². The largest absolute Gasteiger partial charge is 0.493 e. The van der Waals surface area contributed by atoms with Crippen molar-refractivity contribution in [3.63, 3.8) is 0 Å². The molecule has 142 valence electrons. The van der Waals surface area contributed by atoms with Crippen molar-refractivity contribution in [2.24, 2.45) is 4.99 Å². The number of carbonyl (C=O) groups is 1. The second kappa shape index (κ2) is 7.68. The van der Waals surface area contributed by atoms with Crippen LogP contribution in [-0.4, -0.2) is 40.9 Å². The summed E-state index contributed by atoms with van der Waals surface area (Å²) in [6.45, 7) is 3.67. The molecule has 0 saturated heterocycles. The van der Waals surface area contributed by atoms with Crippen molar-refractivity contribution in [3.05, 3.63) is 70.9 Å². The van der Waals surface area contributed by atoms with Gasteiger partial charge in [-0.05, 0) is 47.9 Å². The van der Waals surface area contributed by atoms with Gasteiger partial charge in [-0.25, -0.2) is 0 Å². The van der Waals surface area contributed by atoms with E-state index >= 15 is 0 Å². The third-order valence-corrected chi connectivity index (χ3v) is 4.86. The molecule has 6 nitrogen and oxygen atoms in total. The van der Waals surface area contributed by atoms with Crippen LogP contribution in [0, 0.1) is 0 Å². The third kappa shape index (κ3) is 3.41. The van der Waals surface area contributed by atoms with E-state index in [9.17, 15) is 4.79 Å². The minimum atomic E-state index is -0.0476. The van der Waals surface area contributed by atoms with Crippen molar-refractivity contribution in [3.8, 4) is 17.0 Å². The molecule has 0 spiro atoms. The summed E-state index contributed by atoms with van der Waals surface area (Å²) >= 11 is 0. The van der Waals surface area contributed by atoms with Crippen LogP contribution in [0.4, 0.5) is 0 Å². The number of aliphatic imine (C=N–C) groups is 1. The zero-order valence-corrected chi connectivity index (χ0v) is 16.0. The average Bonchev–Trinajstić information content (AvgIpc) is 3.40. The van der Waals surface area contributed by atoms with Crippen molar-refractivity contribution < 1.29 is 9.53 Å². The van der Waals surface area contributed by atoms with Gasteiger partial charge >= 0.3 is 0 Å². The molecule has 4 rings (SSSR count). The van der Waals surface area contributed by atoms with Gasteiger partial charge in [0.1, 0.15) is 5.75 Å². The molecule has 3 aromatic rings. The van der Waals surface area contributed by atoms with Crippen molar-refractivity contribution in [2.75, 3.05) is 13.7 Å².